The van der Waals surface area contributed by atoms with Crippen molar-refractivity contribution in [3.63, 3.8) is 0 Å². The van der Waals surface area contributed by atoms with Gasteiger partial charge in [0.05, 0.1) is 6.61 Å². The number of unbranched alkanes of at least 4 members (excludes halogenated alkanes) is 1. The van der Waals surface area contributed by atoms with E-state index < -0.39 is 0 Å². The molecule has 1 N–H and O–H groups in total. The Morgan fingerprint density at radius 1 is 1.22 bits per heavy atom. The van der Waals surface area contributed by atoms with Crippen LogP contribution in [0.2, 0.25) is 0 Å². The summed E-state index contributed by atoms with van der Waals surface area (Å²) in [5.41, 5.74) is 4.14. The largest absolute Gasteiger partial charge is 0.380 e. The van der Waals surface area contributed by atoms with Crippen molar-refractivity contribution in [1.82, 2.24) is 9.88 Å². The standard InChI is InChI=1S/C15H28N2O/c1-5-7-9-18-10-8-16-12-15-11-13(3)17(6-2)14(15)4/h11,16H,5-10,12H2,1-4H3. The minimum absolute atomic E-state index is 0.812. The highest BCUT2D eigenvalue weighted by Crippen LogP contribution is 2.14. The van der Waals surface area contributed by atoms with E-state index in [9.17, 15) is 0 Å². The fraction of sp³-hybridized carbons (Fsp3) is 0.733. The quantitative estimate of drug-likeness (QED) is 0.684. The summed E-state index contributed by atoms with van der Waals surface area (Å²) < 4.78 is 7.88. The lowest BCUT2D eigenvalue weighted by atomic mass is 10.2. The average molecular weight is 252 g/mol. The Labute approximate surface area is 112 Å². The summed E-state index contributed by atoms with van der Waals surface area (Å²) in [6.45, 7) is 13.4. The molecule has 3 nitrogen and oxygen atoms in total. The lowest BCUT2D eigenvalue weighted by Crippen LogP contribution is -2.19. The fourth-order valence-electron chi connectivity index (χ4n) is 2.25. The van der Waals surface area contributed by atoms with Crippen molar-refractivity contribution in [3.8, 4) is 0 Å². The Balaban J connectivity index is 2.23. The second-order valence-corrected chi connectivity index (χ2v) is 4.78. The summed E-state index contributed by atoms with van der Waals surface area (Å²) in [5.74, 6) is 0. The topological polar surface area (TPSA) is 26.2 Å². The molecule has 0 amide bonds. The summed E-state index contributed by atoms with van der Waals surface area (Å²) in [7, 11) is 0. The van der Waals surface area contributed by atoms with Crippen LogP contribution in [0.4, 0.5) is 0 Å². The molecule has 0 atom stereocenters. The van der Waals surface area contributed by atoms with Crippen molar-refractivity contribution in [1.29, 1.82) is 0 Å². The van der Waals surface area contributed by atoms with E-state index >= 15 is 0 Å². The molecule has 0 unspecified atom stereocenters. The van der Waals surface area contributed by atoms with Crippen LogP contribution < -0.4 is 5.32 Å². The average Bonchev–Trinajstić information content (AvgIpc) is 2.63. The Kier molecular flexibility index (Phi) is 7.06. The molecule has 0 saturated carbocycles. The van der Waals surface area contributed by atoms with Crippen molar-refractivity contribution in [3.05, 3.63) is 23.0 Å². The number of hydrogen-bond donors (Lipinski definition) is 1. The van der Waals surface area contributed by atoms with E-state index in [2.05, 4.69) is 43.6 Å². The Morgan fingerprint density at radius 2 is 2.00 bits per heavy atom. The van der Waals surface area contributed by atoms with Crippen LogP contribution in [-0.2, 0) is 17.8 Å². The van der Waals surface area contributed by atoms with Crippen LogP contribution >= 0.6 is 0 Å². The van der Waals surface area contributed by atoms with Crippen LogP contribution in [0.3, 0.4) is 0 Å². The SMILES string of the molecule is CCCCOCCNCc1cc(C)n(CC)c1C. The first-order valence-corrected chi connectivity index (χ1v) is 7.14. The molecule has 0 fully saturated rings. The van der Waals surface area contributed by atoms with Crippen molar-refractivity contribution < 1.29 is 4.74 Å². The molecule has 1 aromatic heterocycles. The van der Waals surface area contributed by atoms with E-state index in [1.54, 1.807) is 0 Å². The maximum absolute atomic E-state index is 5.52. The number of ether oxygens (including phenoxy) is 1. The van der Waals surface area contributed by atoms with Crippen LogP contribution in [0.15, 0.2) is 6.07 Å². The van der Waals surface area contributed by atoms with E-state index in [4.69, 9.17) is 4.74 Å². The Hall–Kier alpha value is -0.800. The maximum Gasteiger partial charge on any atom is 0.0591 e. The van der Waals surface area contributed by atoms with E-state index in [-0.39, 0.29) is 0 Å². The van der Waals surface area contributed by atoms with Gasteiger partial charge in [0.15, 0.2) is 0 Å². The molecule has 0 bridgehead atoms. The predicted molar refractivity (Wildman–Crippen MR) is 77.0 cm³/mol. The minimum Gasteiger partial charge on any atom is -0.380 e. The molecule has 0 aliphatic carbocycles. The molecule has 0 aliphatic rings. The van der Waals surface area contributed by atoms with Gasteiger partial charge >= 0.3 is 0 Å². The van der Waals surface area contributed by atoms with Crippen LogP contribution in [-0.4, -0.2) is 24.3 Å². The lowest BCUT2D eigenvalue weighted by molar-refractivity contribution is 0.133. The molecule has 1 rings (SSSR count). The lowest BCUT2D eigenvalue weighted by Gasteiger charge is -2.07. The molecule has 0 radical (unpaired) electrons. The van der Waals surface area contributed by atoms with Gasteiger partial charge in [-0.1, -0.05) is 13.3 Å². The summed E-state index contributed by atoms with van der Waals surface area (Å²) >= 11 is 0. The zero-order valence-electron chi connectivity index (χ0n) is 12.4. The summed E-state index contributed by atoms with van der Waals surface area (Å²) in [4.78, 5) is 0. The van der Waals surface area contributed by atoms with Crippen molar-refractivity contribution in [2.45, 2.75) is 53.6 Å². The van der Waals surface area contributed by atoms with Gasteiger partial charge in [-0.3, -0.25) is 0 Å². The molecule has 0 saturated heterocycles. The molecule has 1 heterocycles. The van der Waals surface area contributed by atoms with Gasteiger partial charge in [-0.05, 0) is 38.8 Å². The van der Waals surface area contributed by atoms with E-state index in [1.807, 2.05) is 0 Å². The van der Waals surface area contributed by atoms with Gasteiger partial charge in [-0.15, -0.1) is 0 Å². The highest BCUT2D eigenvalue weighted by atomic mass is 16.5. The second-order valence-electron chi connectivity index (χ2n) is 4.78. The summed E-state index contributed by atoms with van der Waals surface area (Å²) in [6.07, 6.45) is 2.37. The molecule has 0 aromatic carbocycles. The van der Waals surface area contributed by atoms with Crippen LogP contribution in [0, 0.1) is 13.8 Å². The molecule has 18 heavy (non-hydrogen) atoms. The third-order valence-corrected chi connectivity index (χ3v) is 3.38. The number of rotatable bonds is 9. The molecular weight excluding hydrogens is 224 g/mol. The van der Waals surface area contributed by atoms with Gasteiger partial charge in [0.25, 0.3) is 0 Å². The van der Waals surface area contributed by atoms with Crippen molar-refractivity contribution >= 4 is 0 Å². The van der Waals surface area contributed by atoms with E-state index in [0.29, 0.717) is 0 Å². The second kappa shape index (κ2) is 8.33. The van der Waals surface area contributed by atoms with Gasteiger partial charge < -0.3 is 14.6 Å². The maximum atomic E-state index is 5.52. The first-order chi connectivity index (χ1) is 8.70. The third kappa shape index (κ3) is 4.46. The molecule has 1 aromatic rings. The Bertz CT molecular complexity index is 345. The number of aryl methyl sites for hydroxylation is 1. The van der Waals surface area contributed by atoms with E-state index in [1.165, 1.54) is 23.4 Å². The monoisotopic (exact) mass is 252 g/mol. The van der Waals surface area contributed by atoms with Gasteiger partial charge in [-0.2, -0.15) is 0 Å². The van der Waals surface area contributed by atoms with E-state index in [0.717, 1.165) is 39.3 Å². The third-order valence-electron chi connectivity index (χ3n) is 3.38. The van der Waals surface area contributed by atoms with Gasteiger partial charge in [-0.25, -0.2) is 0 Å². The first kappa shape index (κ1) is 15.3. The Morgan fingerprint density at radius 3 is 2.61 bits per heavy atom. The first-order valence-electron chi connectivity index (χ1n) is 7.14. The van der Waals surface area contributed by atoms with Crippen molar-refractivity contribution in [2.75, 3.05) is 19.8 Å². The zero-order valence-corrected chi connectivity index (χ0v) is 12.4. The van der Waals surface area contributed by atoms with Gasteiger partial charge in [0.1, 0.15) is 0 Å². The molecular formula is C15H28N2O. The number of aromatic nitrogens is 1. The summed E-state index contributed by atoms with van der Waals surface area (Å²) in [5, 5.41) is 3.45. The molecule has 3 heteroatoms. The van der Waals surface area contributed by atoms with Crippen LogP contribution in [0.25, 0.3) is 0 Å². The van der Waals surface area contributed by atoms with Crippen LogP contribution in [0.1, 0.15) is 43.6 Å². The minimum atomic E-state index is 0.812. The fourth-order valence-corrected chi connectivity index (χ4v) is 2.25. The van der Waals surface area contributed by atoms with Crippen molar-refractivity contribution in [2.24, 2.45) is 0 Å². The smallest absolute Gasteiger partial charge is 0.0591 e. The highest BCUT2D eigenvalue weighted by molar-refractivity contribution is 5.26. The number of nitrogens with one attached hydrogen (secondary N) is 1. The summed E-state index contributed by atoms with van der Waals surface area (Å²) in [6, 6.07) is 2.28. The number of hydrogen-bond acceptors (Lipinski definition) is 2. The molecule has 0 spiro atoms. The van der Waals surface area contributed by atoms with Gasteiger partial charge in [0, 0.05) is 37.6 Å². The molecule has 0 aliphatic heterocycles. The van der Waals surface area contributed by atoms with Crippen LogP contribution in [0.5, 0.6) is 0 Å². The van der Waals surface area contributed by atoms with Gasteiger partial charge in [0.2, 0.25) is 0 Å². The zero-order chi connectivity index (χ0) is 13.4. The number of nitrogens with zero attached hydrogens (tertiary/aromatic N) is 1. The highest BCUT2D eigenvalue weighted by Gasteiger charge is 2.06. The molecule has 104 valence electrons. The normalized spacial score (nSPS) is 11.1. The predicted octanol–water partition coefficient (Wildman–Crippen LogP) is 3.03.